The predicted octanol–water partition coefficient (Wildman–Crippen LogP) is 4.65. The Morgan fingerprint density at radius 2 is 1.28 bits per heavy atom. The van der Waals surface area contributed by atoms with Crippen LogP contribution in [-0.2, 0) is 15.6 Å². The van der Waals surface area contributed by atoms with Gasteiger partial charge in [-0.25, -0.2) is 4.79 Å². The van der Waals surface area contributed by atoms with Crippen molar-refractivity contribution in [2.75, 3.05) is 0 Å². The van der Waals surface area contributed by atoms with Crippen LogP contribution in [0.3, 0.4) is 0 Å². The van der Waals surface area contributed by atoms with Crippen molar-refractivity contribution >= 4 is 11.9 Å². The molecule has 0 fully saturated rings. The summed E-state index contributed by atoms with van der Waals surface area (Å²) in [5.74, 6) is -1.32. The van der Waals surface area contributed by atoms with Gasteiger partial charge in [0, 0.05) is 5.56 Å². The fourth-order valence-electron chi connectivity index (χ4n) is 2.70. The van der Waals surface area contributed by atoms with Crippen LogP contribution in [0.4, 0.5) is 0 Å². The summed E-state index contributed by atoms with van der Waals surface area (Å²) in [7, 11) is 0. The zero-order valence-electron chi connectivity index (χ0n) is 16.9. The lowest BCUT2D eigenvalue weighted by Gasteiger charge is -2.29. The molecule has 2 N–H and O–H groups in total. The van der Waals surface area contributed by atoms with Crippen LogP contribution in [0.5, 0.6) is 0 Å². The molecular formula is C21H33NO3. The maximum absolute atomic E-state index is 12.9. The van der Waals surface area contributed by atoms with E-state index in [9.17, 15) is 14.7 Å². The van der Waals surface area contributed by atoms with E-state index in [1.165, 1.54) is 0 Å². The number of aliphatic carboxylic acids is 1. The summed E-state index contributed by atoms with van der Waals surface area (Å²) in [5.41, 5.74) is 1.23. The Morgan fingerprint density at radius 3 is 1.56 bits per heavy atom. The molecule has 0 aliphatic rings. The zero-order chi connectivity index (χ0) is 19.6. The second-order valence-electron chi connectivity index (χ2n) is 8.85. The van der Waals surface area contributed by atoms with E-state index in [2.05, 4.69) is 52.9 Å². The molecule has 0 aromatic heterocycles. The first-order chi connectivity index (χ1) is 11.3. The van der Waals surface area contributed by atoms with Gasteiger partial charge in [-0.1, -0.05) is 61.5 Å². The van der Waals surface area contributed by atoms with Crippen LogP contribution in [0, 0.1) is 0 Å². The van der Waals surface area contributed by atoms with Gasteiger partial charge in [-0.3, -0.25) is 4.79 Å². The Hall–Kier alpha value is -1.84. The van der Waals surface area contributed by atoms with Crippen LogP contribution in [0.25, 0.3) is 0 Å². The summed E-state index contributed by atoms with van der Waals surface area (Å²) >= 11 is 0. The molecule has 0 atom stereocenters. The number of benzene rings is 1. The summed E-state index contributed by atoms with van der Waals surface area (Å²) < 4.78 is 0. The van der Waals surface area contributed by atoms with Crippen LogP contribution in [-0.4, -0.2) is 22.5 Å². The third-order valence-electron chi connectivity index (χ3n) is 4.90. The number of carboxylic acids is 1. The van der Waals surface area contributed by atoms with Gasteiger partial charge in [-0.05, 0) is 46.9 Å². The average Bonchev–Trinajstić information content (AvgIpc) is 2.50. The van der Waals surface area contributed by atoms with E-state index in [4.69, 9.17) is 0 Å². The SMILES string of the molecule is CCC(CC)(NC(=O)c1cc(C(C)(C)C)cc(C(C)(C)C)c1)C(=O)O. The van der Waals surface area contributed by atoms with Crippen molar-refractivity contribution < 1.29 is 14.7 Å². The van der Waals surface area contributed by atoms with Gasteiger partial charge in [-0.15, -0.1) is 0 Å². The van der Waals surface area contributed by atoms with Gasteiger partial charge in [0.1, 0.15) is 5.54 Å². The third-order valence-corrected chi connectivity index (χ3v) is 4.90. The molecule has 0 radical (unpaired) electrons. The van der Waals surface area contributed by atoms with Crippen molar-refractivity contribution in [2.45, 2.75) is 84.6 Å². The molecule has 4 heteroatoms. The summed E-state index contributed by atoms with van der Waals surface area (Å²) in [5, 5.41) is 12.3. The number of hydrogen-bond acceptors (Lipinski definition) is 2. The Morgan fingerprint density at radius 1 is 0.880 bits per heavy atom. The van der Waals surface area contributed by atoms with E-state index < -0.39 is 11.5 Å². The molecule has 0 unspecified atom stereocenters. The summed E-state index contributed by atoms with van der Waals surface area (Å²) in [4.78, 5) is 24.6. The zero-order valence-corrected chi connectivity index (χ0v) is 16.9. The highest BCUT2D eigenvalue weighted by molar-refractivity contribution is 5.98. The maximum Gasteiger partial charge on any atom is 0.329 e. The van der Waals surface area contributed by atoms with Crippen LogP contribution < -0.4 is 5.32 Å². The molecule has 0 aliphatic heterocycles. The normalized spacial score (nSPS) is 12.8. The first kappa shape index (κ1) is 21.2. The fourth-order valence-corrected chi connectivity index (χ4v) is 2.70. The number of carbonyl (C=O) groups excluding carboxylic acids is 1. The minimum atomic E-state index is -1.23. The lowest BCUT2D eigenvalue weighted by atomic mass is 9.79. The van der Waals surface area contributed by atoms with Gasteiger partial charge in [0.2, 0.25) is 0 Å². The second kappa shape index (κ2) is 7.19. The molecular weight excluding hydrogens is 314 g/mol. The maximum atomic E-state index is 12.9. The van der Waals surface area contributed by atoms with Gasteiger partial charge >= 0.3 is 5.97 Å². The fraction of sp³-hybridized carbons (Fsp3) is 0.619. The molecule has 1 rings (SSSR count). The highest BCUT2D eigenvalue weighted by Gasteiger charge is 2.37. The van der Waals surface area contributed by atoms with E-state index in [0.29, 0.717) is 18.4 Å². The standard InChI is InChI=1S/C21H33NO3/c1-9-21(10-2,18(24)25)22-17(23)14-11-15(19(3,4)5)13-16(12-14)20(6,7)8/h11-13H,9-10H2,1-8H3,(H,22,23)(H,24,25). The molecule has 4 nitrogen and oxygen atoms in total. The minimum absolute atomic E-state index is 0.101. The molecule has 25 heavy (non-hydrogen) atoms. The van der Waals surface area contributed by atoms with Crippen LogP contribution in [0.2, 0.25) is 0 Å². The minimum Gasteiger partial charge on any atom is -0.480 e. The third kappa shape index (κ3) is 4.83. The van der Waals surface area contributed by atoms with Gasteiger partial charge in [0.15, 0.2) is 0 Å². The highest BCUT2D eigenvalue weighted by atomic mass is 16.4. The molecule has 1 aromatic rings. The van der Waals surface area contributed by atoms with Gasteiger partial charge in [-0.2, -0.15) is 0 Å². The summed E-state index contributed by atoms with van der Waals surface area (Å²) in [6, 6.07) is 5.89. The molecule has 1 aromatic carbocycles. The Labute approximate surface area is 152 Å². The molecule has 1 amide bonds. The lowest BCUT2D eigenvalue weighted by Crippen LogP contribution is -2.53. The Balaban J connectivity index is 3.41. The first-order valence-corrected chi connectivity index (χ1v) is 8.99. The van der Waals surface area contributed by atoms with Gasteiger partial charge in [0.05, 0.1) is 0 Å². The molecule has 0 saturated carbocycles. The summed E-state index contributed by atoms with van der Waals surface area (Å²) in [6.45, 7) is 16.2. The topological polar surface area (TPSA) is 66.4 Å². The van der Waals surface area contributed by atoms with Crippen molar-refractivity contribution in [1.82, 2.24) is 5.32 Å². The number of nitrogens with one attached hydrogen (secondary N) is 1. The molecule has 0 bridgehead atoms. The van der Waals surface area contributed by atoms with E-state index in [1.54, 1.807) is 13.8 Å². The lowest BCUT2D eigenvalue weighted by molar-refractivity contribution is -0.144. The summed E-state index contributed by atoms with van der Waals surface area (Å²) in [6.07, 6.45) is 0.686. The smallest absolute Gasteiger partial charge is 0.329 e. The molecule has 0 spiro atoms. The van der Waals surface area contributed by atoms with Crippen molar-refractivity contribution in [3.63, 3.8) is 0 Å². The van der Waals surface area contributed by atoms with Crippen molar-refractivity contribution in [1.29, 1.82) is 0 Å². The van der Waals surface area contributed by atoms with E-state index >= 15 is 0 Å². The molecule has 0 heterocycles. The van der Waals surface area contributed by atoms with Crippen LogP contribution >= 0.6 is 0 Å². The Bertz CT molecular complexity index is 612. The highest BCUT2D eigenvalue weighted by Crippen LogP contribution is 2.30. The number of carboxylic acid groups (broad SMARTS) is 1. The van der Waals surface area contributed by atoms with Gasteiger partial charge < -0.3 is 10.4 Å². The van der Waals surface area contributed by atoms with Crippen LogP contribution in [0.1, 0.15) is 89.7 Å². The van der Waals surface area contributed by atoms with Crippen molar-refractivity contribution in [3.8, 4) is 0 Å². The van der Waals surface area contributed by atoms with Gasteiger partial charge in [0.25, 0.3) is 5.91 Å². The predicted molar refractivity (Wildman–Crippen MR) is 102 cm³/mol. The molecule has 140 valence electrons. The van der Waals surface area contributed by atoms with Crippen LogP contribution in [0.15, 0.2) is 18.2 Å². The van der Waals surface area contributed by atoms with Crippen molar-refractivity contribution in [2.24, 2.45) is 0 Å². The number of hydrogen-bond donors (Lipinski definition) is 2. The van der Waals surface area contributed by atoms with Crippen molar-refractivity contribution in [3.05, 3.63) is 34.9 Å². The Kier molecular flexibility index (Phi) is 6.09. The van der Waals surface area contributed by atoms with E-state index in [0.717, 1.165) is 11.1 Å². The number of carbonyl (C=O) groups is 2. The quantitative estimate of drug-likeness (QED) is 0.814. The number of amides is 1. The average molecular weight is 347 g/mol. The largest absolute Gasteiger partial charge is 0.480 e. The monoisotopic (exact) mass is 347 g/mol. The van der Waals surface area contributed by atoms with E-state index in [-0.39, 0.29) is 16.7 Å². The molecule has 0 saturated heterocycles. The molecule has 0 aliphatic carbocycles. The first-order valence-electron chi connectivity index (χ1n) is 8.99. The number of rotatable bonds is 5. The second-order valence-corrected chi connectivity index (χ2v) is 8.85. The van der Waals surface area contributed by atoms with E-state index in [1.807, 2.05) is 12.1 Å².